The van der Waals surface area contributed by atoms with Crippen LogP contribution in [0.2, 0.25) is 0 Å². The van der Waals surface area contributed by atoms with Crippen LogP contribution >= 0.6 is 11.3 Å². The van der Waals surface area contributed by atoms with E-state index in [2.05, 4.69) is 17.1 Å². The normalized spacial score (nSPS) is 10.8. The van der Waals surface area contributed by atoms with Gasteiger partial charge in [-0.3, -0.25) is 10.1 Å². The molecule has 1 aromatic carbocycles. The SMILES string of the molecule is CCc1sc(-c2nnc(COc3cc(F)ccc3[N+](=O)[O-])o2)cc1C. The summed E-state index contributed by atoms with van der Waals surface area (Å²) in [5.74, 6) is -0.309. The zero-order valence-electron chi connectivity index (χ0n) is 13.5. The Bertz CT molecular complexity index is 922. The van der Waals surface area contributed by atoms with Crippen molar-refractivity contribution in [2.75, 3.05) is 0 Å². The van der Waals surface area contributed by atoms with Crippen LogP contribution in [0.15, 0.2) is 28.7 Å². The Balaban J connectivity index is 1.76. The van der Waals surface area contributed by atoms with Crippen LogP contribution in [0, 0.1) is 22.9 Å². The highest BCUT2D eigenvalue weighted by Crippen LogP contribution is 2.31. The van der Waals surface area contributed by atoms with Crippen molar-refractivity contribution in [2.45, 2.75) is 26.9 Å². The molecule has 0 spiro atoms. The summed E-state index contributed by atoms with van der Waals surface area (Å²) in [4.78, 5) is 12.4. The van der Waals surface area contributed by atoms with Crippen LogP contribution in [-0.4, -0.2) is 15.1 Å². The monoisotopic (exact) mass is 363 g/mol. The molecule has 0 atom stereocenters. The van der Waals surface area contributed by atoms with Crippen LogP contribution in [0.5, 0.6) is 5.75 Å². The number of ether oxygens (including phenoxy) is 1. The van der Waals surface area contributed by atoms with Gasteiger partial charge in [-0.15, -0.1) is 21.5 Å². The van der Waals surface area contributed by atoms with Gasteiger partial charge in [-0.25, -0.2) is 4.39 Å². The van der Waals surface area contributed by atoms with E-state index in [1.165, 1.54) is 4.88 Å². The molecule has 0 saturated heterocycles. The second kappa shape index (κ2) is 6.98. The molecule has 2 aromatic heterocycles. The lowest BCUT2D eigenvalue weighted by molar-refractivity contribution is -0.386. The number of nitro groups is 1. The fraction of sp³-hybridized carbons (Fsp3) is 0.250. The Morgan fingerprint density at radius 1 is 1.36 bits per heavy atom. The molecule has 0 unspecified atom stereocenters. The second-order valence-electron chi connectivity index (χ2n) is 5.23. The summed E-state index contributed by atoms with van der Waals surface area (Å²) in [5.41, 5.74) is 0.830. The Morgan fingerprint density at radius 3 is 2.84 bits per heavy atom. The van der Waals surface area contributed by atoms with Gasteiger partial charge in [-0.1, -0.05) is 6.92 Å². The zero-order chi connectivity index (χ0) is 18.0. The molecule has 0 saturated carbocycles. The Morgan fingerprint density at radius 2 is 2.16 bits per heavy atom. The van der Waals surface area contributed by atoms with E-state index in [4.69, 9.17) is 9.15 Å². The van der Waals surface area contributed by atoms with E-state index < -0.39 is 10.7 Å². The quantitative estimate of drug-likeness (QED) is 0.479. The third kappa shape index (κ3) is 3.66. The summed E-state index contributed by atoms with van der Waals surface area (Å²) in [6.45, 7) is 3.90. The Hall–Kier alpha value is -2.81. The maximum absolute atomic E-state index is 13.3. The third-order valence-electron chi connectivity index (χ3n) is 3.49. The van der Waals surface area contributed by atoms with Crippen molar-refractivity contribution in [3.05, 3.63) is 56.5 Å². The van der Waals surface area contributed by atoms with E-state index >= 15 is 0 Å². The van der Waals surface area contributed by atoms with Crippen molar-refractivity contribution < 1.29 is 18.5 Å². The topological polar surface area (TPSA) is 91.3 Å². The summed E-state index contributed by atoms with van der Waals surface area (Å²) in [7, 11) is 0. The average molecular weight is 363 g/mol. The van der Waals surface area contributed by atoms with Gasteiger partial charge in [0.2, 0.25) is 5.75 Å². The largest absolute Gasteiger partial charge is 0.477 e. The predicted octanol–water partition coefficient (Wildman–Crippen LogP) is 4.30. The summed E-state index contributed by atoms with van der Waals surface area (Å²) in [5, 5.41) is 18.8. The molecule has 3 aromatic rings. The average Bonchev–Trinajstić information content (AvgIpc) is 3.18. The fourth-order valence-electron chi connectivity index (χ4n) is 2.28. The van der Waals surface area contributed by atoms with Crippen molar-refractivity contribution in [3.8, 4) is 16.5 Å². The molecule has 130 valence electrons. The Labute approximate surface area is 146 Å². The van der Waals surface area contributed by atoms with E-state index in [1.54, 1.807) is 11.3 Å². The number of thiophene rings is 1. The first-order valence-electron chi connectivity index (χ1n) is 7.46. The van der Waals surface area contributed by atoms with Crippen LogP contribution in [0.1, 0.15) is 23.3 Å². The highest BCUT2D eigenvalue weighted by Gasteiger charge is 2.18. The molecular weight excluding hydrogens is 349 g/mol. The van der Waals surface area contributed by atoms with E-state index in [-0.39, 0.29) is 23.9 Å². The van der Waals surface area contributed by atoms with Crippen molar-refractivity contribution >= 4 is 17.0 Å². The first-order chi connectivity index (χ1) is 12.0. The first kappa shape index (κ1) is 17.0. The van der Waals surface area contributed by atoms with Crippen molar-refractivity contribution in [1.82, 2.24) is 10.2 Å². The first-order valence-corrected chi connectivity index (χ1v) is 8.28. The number of hydrogen-bond acceptors (Lipinski definition) is 7. The van der Waals surface area contributed by atoms with E-state index in [1.807, 2.05) is 13.0 Å². The van der Waals surface area contributed by atoms with Gasteiger partial charge in [0.25, 0.3) is 11.8 Å². The number of nitrogens with zero attached hydrogens (tertiary/aromatic N) is 3. The molecule has 3 rings (SSSR count). The molecule has 0 aliphatic rings. The molecule has 7 nitrogen and oxygen atoms in total. The lowest BCUT2D eigenvalue weighted by Crippen LogP contribution is -2.00. The minimum Gasteiger partial charge on any atom is -0.477 e. The maximum atomic E-state index is 13.3. The number of hydrogen-bond donors (Lipinski definition) is 0. The molecule has 9 heteroatoms. The molecular formula is C16H14FN3O4S. The summed E-state index contributed by atoms with van der Waals surface area (Å²) in [6.07, 6.45) is 0.920. The number of aromatic nitrogens is 2. The number of aryl methyl sites for hydroxylation is 2. The van der Waals surface area contributed by atoms with E-state index in [0.717, 1.165) is 35.1 Å². The standard InChI is InChI=1S/C16H14FN3O4S/c1-3-13-9(2)6-14(25-13)16-19-18-15(24-16)8-23-12-7-10(17)4-5-11(12)20(21)22/h4-7H,3,8H2,1-2H3. The third-order valence-corrected chi connectivity index (χ3v) is 4.86. The minimum atomic E-state index is -0.644. The smallest absolute Gasteiger partial charge is 0.311 e. The van der Waals surface area contributed by atoms with Crippen LogP contribution in [0.25, 0.3) is 10.8 Å². The molecule has 0 bridgehead atoms. The number of halogens is 1. The van der Waals surface area contributed by atoms with E-state index in [9.17, 15) is 14.5 Å². The highest BCUT2D eigenvalue weighted by atomic mass is 32.1. The number of nitro benzene ring substituents is 1. The molecule has 25 heavy (non-hydrogen) atoms. The fourth-order valence-corrected chi connectivity index (χ4v) is 3.32. The highest BCUT2D eigenvalue weighted by molar-refractivity contribution is 7.15. The van der Waals surface area contributed by atoms with Gasteiger partial charge < -0.3 is 9.15 Å². The molecule has 0 amide bonds. The van der Waals surface area contributed by atoms with E-state index in [0.29, 0.717) is 5.89 Å². The summed E-state index contributed by atoms with van der Waals surface area (Å²) >= 11 is 1.57. The lowest BCUT2D eigenvalue weighted by Gasteiger charge is -2.04. The second-order valence-corrected chi connectivity index (χ2v) is 6.37. The Kier molecular flexibility index (Phi) is 4.75. The molecule has 0 N–H and O–H groups in total. The molecule has 0 aliphatic carbocycles. The summed E-state index contributed by atoms with van der Waals surface area (Å²) in [6, 6.07) is 4.97. The molecule has 2 heterocycles. The van der Waals surface area contributed by atoms with Gasteiger partial charge in [-0.05, 0) is 31.0 Å². The van der Waals surface area contributed by atoms with Gasteiger partial charge in [0.1, 0.15) is 5.82 Å². The van der Waals surface area contributed by atoms with Gasteiger partial charge in [0.15, 0.2) is 6.61 Å². The van der Waals surface area contributed by atoms with Crippen molar-refractivity contribution in [2.24, 2.45) is 0 Å². The summed E-state index contributed by atoms with van der Waals surface area (Å²) < 4.78 is 24.1. The molecule has 0 aliphatic heterocycles. The van der Waals surface area contributed by atoms with Crippen LogP contribution in [-0.2, 0) is 13.0 Å². The van der Waals surface area contributed by atoms with Gasteiger partial charge in [0.05, 0.1) is 9.80 Å². The zero-order valence-corrected chi connectivity index (χ0v) is 14.3. The molecule has 0 fully saturated rings. The predicted molar refractivity (Wildman–Crippen MR) is 89.1 cm³/mol. The number of rotatable bonds is 6. The van der Waals surface area contributed by atoms with Crippen LogP contribution in [0.4, 0.5) is 10.1 Å². The molecule has 0 radical (unpaired) electrons. The maximum Gasteiger partial charge on any atom is 0.311 e. The van der Waals surface area contributed by atoms with Gasteiger partial charge in [-0.2, -0.15) is 0 Å². The van der Waals surface area contributed by atoms with Gasteiger partial charge in [0, 0.05) is 17.0 Å². The van der Waals surface area contributed by atoms with Crippen molar-refractivity contribution in [1.29, 1.82) is 0 Å². The van der Waals surface area contributed by atoms with Gasteiger partial charge >= 0.3 is 5.69 Å². The lowest BCUT2D eigenvalue weighted by atomic mass is 10.2. The minimum absolute atomic E-state index is 0.151. The number of benzene rings is 1. The van der Waals surface area contributed by atoms with Crippen LogP contribution < -0.4 is 4.74 Å². The van der Waals surface area contributed by atoms with Crippen molar-refractivity contribution in [3.63, 3.8) is 0 Å². The van der Waals surface area contributed by atoms with Crippen LogP contribution in [0.3, 0.4) is 0 Å².